The van der Waals surface area contributed by atoms with E-state index in [0.29, 0.717) is 17.2 Å². The molecule has 0 saturated heterocycles. The number of anilines is 1. The number of fused-ring (bicyclic) bond motifs is 3. The molecule has 4 rings (SSSR count). The minimum atomic E-state index is -0.0948. The lowest BCUT2D eigenvalue weighted by Gasteiger charge is -2.33. The summed E-state index contributed by atoms with van der Waals surface area (Å²) in [6.07, 6.45) is 1.79. The average Bonchev–Trinajstić information content (AvgIpc) is 2.80. The molecule has 1 atom stereocenters. The van der Waals surface area contributed by atoms with E-state index in [2.05, 4.69) is 6.07 Å². The highest BCUT2D eigenvalue weighted by Crippen LogP contribution is 2.41. The van der Waals surface area contributed by atoms with E-state index in [4.69, 9.17) is 5.41 Å². The lowest BCUT2D eigenvalue weighted by atomic mass is 9.96. The number of rotatable bonds is 1. The molecule has 0 amide bonds. The van der Waals surface area contributed by atoms with Gasteiger partial charge < -0.3 is 10.0 Å². The molecule has 2 N–H and O–H groups in total. The SMILES string of the molecule is N=C1C(c2ccccc2)=C(O)[C@H]2CCc3ccccc3N12. The minimum absolute atomic E-state index is 0.0948. The van der Waals surface area contributed by atoms with Gasteiger partial charge in [0.25, 0.3) is 0 Å². The zero-order valence-corrected chi connectivity index (χ0v) is 11.6. The van der Waals surface area contributed by atoms with E-state index in [1.54, 1.807) is 0 Å². The van der Waals surface area contributed by atoms with E-state index in [1.807, 2.05) is 53.4 Å². The number of aliphatic hydroxyl groups excluding tert-OH is 1. The van der Waals surface area contributed by atoms with Crippen LogP contribution in [0.5, 0.6) is 0 Å². The molecule has 3 heteroatoms. The first-order valence-corrected chi connectivity index (χ1v) is 7.22. The molecule has 0 unspecified atom stereocenters. The molecule has 2 aliphatic heterocycles. The summed E-state index contributed by atoms with van der Waals surface area (Å²) in [5.41, 5.74) is 3.88. The molecular weight excluding hydrogens is 260 g/mol. The van der Waals surface area contributed by atoms with Crippen molar-refractivity contribution < 1.29 is 5.11 Å². The van der Waals surface area contributed by atoms with Crippen LogP contribution in [0.3, 0.4) is 0 Å². The van der Waals surface area contributed by atoms with Gasteiger partial charge in [-0.25, -0.2) is 0 Å². The number of hydrogen-bond donors (Lipinski definition) is 2. The molecule has 2 heterocycles. The Morgan fingerprint density at radius 3 is 2.52 bits per heavy atom. The molecule has 2 aromatic carbocycles. The standard InChI is InChI=1S/C18H16N2O/c19-18-16(13-7-2-1-3-8-13)17(21)15-11-10-12-6-4-5-9-14(12)20(15)18/h1-9,15,19,21H,10-11H2/t15-/m1/s1. The average molecular weight is 276 g/mol. The van der Waals surface area contributed by atoms with E-state index in [0.717, 1.165) is 24.1 Å². The van der Waals surface area contributed by atoms with Crippen LogP contribution in [0.1, 0.15) is 17.5 Å². The van der Waals surface area contributed by atoms with E-state index >= 15 is 0 Å². The second-order valence-corrected chi connectivity index (χ2v) is 5.53. The van der Waals surface area contributed by atoms with Gasteiger partial charge in [-0.15, -0.1) is 0 Å². The molecule has 0 fully saturated rings. The third kappa shape index (κ3) is 1.70. The number of nitrogens with one attached hydrogen (secondary N) is 1. The van der Waals surface area contributed by atoms with Crippen molar-refractivity contribution in [3.63, 3.8) is 0 Å². The van der Waals surface area contributed by atoms with Crippen molar-refractivity contribution >= 4 is 17.1 Å². The largest absolute Gasteiger partial charge is 0.509 e. The van der Waals surface area contributed by atoms with Gasteiger partial charge in [0.1, 0.15) is 11.6 Å². The van der Waals surface area contributed by atoms with Crippen LogP contribution >= 0.6 is 0 Å². The van der Waals surface area contributed by atoms with Crippen molar-refractivity contribution in [1.82, 2.24) is 0 Å². The highest BCUT2D eigenvalue weighted by atomic mass is 16.3. The first-order chi connectivity index (χ1) is 10.3. The fourth-order valence-electron chi connectivity index (χ4n) is 3.38. The Morgan fingerprint density at radius 1 is 1.00 bits per heavy atom. The van der Waals surface area contributed by atoms with Gasteiger partial charge in [0.05, 0.1) is 11.6 Å². The molecule has 2 aliphatic rings. The summed E-state index contributed by atoms with van der Waals surface area (Å²) in [5, 5.41) is 19.2. The third-order valence-electron chi connectivity index (χ3n) is 4.36. The molecule has 21 heavy (non-hydrogen) atoms. The molecule has 3 nitrogen and oxygen atoms in total. The third-order valence-corrected chi connectivity index (χ3v) is 4.36. The number of aryl methyl sites for hydroxylation is 1. The molecule has 0 aromatic heterocycles. The Hall–Kier alpha value is -2.55. The molecule has 0 aliphatic carbocycles. The fourth-order valence-corrected chi connectivity index (χ4v) is 3.38. The van der Waals surface area contributed by atoms with Crippen molar-refractivity contribution in [3.8, 4) is 0 Å². The number of aliphatic hydroxyl groups is 1. The zero-order chi connectivity index (χ0) is 14.4. The van der Waals surface area contributed by atoms with Gasteiger partial charge in [-0.3, -0.25) is 5.41 Å². The maximum Gasteiger partial charge on any atom is 0.137 e. The first-order valence-electron chi connectivity index (χ1n) is 7.22. The maximum atomic E-state index is 10.6. The minimum Gasteiger partial charge on any atom is -0.509 e. The number of amidine groups is 1. The summed E-state index contributed by atoms with van der Waals surface area (Å²) in [6, 6.07) is 17.8. The van der Waals surface area contributed by atoms with Crippen LogP contribution < -0.4 is 4.90 Å². The molecule has 0 spiro atoms. The number of benzene rings is 2. The van der Waals surface area contributed by atoms with E-state index in [9.17, 15) is 5.11 Å². The van der Waals surface area contributed by atoms with Crippen LogP contribution in [-0.4, -0.2) is 17.0 Å². The van der Waals surface area contributed by atoms with Crippen molar-refractivity contribution in [1.29, 1.82) is 5.41 Å². The first kappa shape index (κ1) is 12.2. The summed E-state index contributed by atoms with van der Waals surface area (Å²) in [6.45, 7) is 0. The Morgan fingerprint density at radius 2 is 1.71 bits per heavy atom. The Labute approximate surface area is 123 Å². The van der Waals surface area contributed by atoms with Gasteiger partial charge in [-0.05, 0) is 30.0 Å². The molecule has 0 radical (unpaired) electrons. The van der Waals surface area contributed by atoms with E-state index in [-0.39, 0.29) is 6.04 Å². The Balaban J connectivity index is 1.84. The lowest BCUT2D eigenvalue weighted by Crippen LogP contribution is -2.39. The van der Waals surface area contributed by atoms with Gasteiger partial charge in [0, 0.05) is 5.69 Å². The Kier molecular flexibility index (Phi) is 2.61. The van der Waals surface area contributed by atoms with E-state index < -0.39 is 0 Å². The van der Waals surface area contributed by atoms with Gasteiger partial charge >= 0.3 is 0 Å². The summed E-state index contributed by atoms with van der Waals surface area (Å²) in [5.74, 6) is 0.733. The van der Waals surface area contributed by atoms with Crippen LogP contribution in [0.2, 0.25) is 0 Å². The highest BCUT2D eigenvalue weighted by Gasteiger charge is 2.40. The van der Waals surface area contributed by atoms with Gasteiger partial charge in [0.15, 0.2) is 0 Å². The van der Waals surface area contributed by atoms with Gasteiger partial charge in [0.2, 0.25) is 0 Å². The van der Waals surface area contributed by atoms with Crippen molar-refractivity contribution in [2.45, 2.75) is 18.9 Å². The second-order valence-electron chi connectivity index (χ2n) is 5.53. The lowest BCUT2D eigenvalue weighted by molar-refractivity contribution is 0.366. The topological polar surface area (TPSA) is 47.3 Å². The number of para-hydroxylation sites is 1. The molecule has 0 saturated carbocycles. The zero-order valence-electron chi connectivity index (χ0n) is 11.6. The fraction of sp³-hybridized carbons (Fsp3) is 0.167. The second kappa shape index (κ2) is 4.48. The highest BCUT2D eigenvalue weighted by molar-refractivity contribution is 6.31. The monoisotopic (exact) mass is 276 g/mol. The van der Waals surface area contributed by atoms with Crippen LogP contribution in [0.15, 0.2) is 60.4 Å². The number of hydrogen-bond acceptors (Lipinski definition) is 2. The summed E-state index contributed by atoms with van der Waals surface area (Å²) < 4.78 is 0. The predicted molar refractivity (Wildman–Crippen MR) is 84.7 cm³/mol. The Bertz CT molecular complexity index is 749. The van der Waals surface area contributed by atoms with Gasteiger partial charge in [-0.1, -0.05) is 48.5 Å². The van der Waals surface area contributed by atoms with Gasteiger partial charge in [-0.2, -0.15) is 0 Å². The van der Waals surface area contributed by atoms with Crippen LogP contribution in [0.4, 0.5) is 5.69 Å². The number of nitrogens with zero attached hydrogens (tertiary/aromatic N) is 1. The van der Waals surface area contributed by atoms with Crippen LogP contribution in [0, 0.1) is 5.41 Å². The maximum absolute atomic E-state index is 10.6. The van der Waals surface area contributed by atoms with E-state index in [1.165, 1.54) is 5.56 Å². The normalized spacial score (nSPS) is 20.5. The van der Waals surface area contributed by atoms with Crippen molar-refractivity contribution in [3.05, 3.63) is 71.5 Å². The predicted octanol–water partition coefficient (Wildman–Crippen LogP) is 3.77. The van der Waals surface area contributed by atoms with Crippen LogP contribution in [-0.2, 0) is 6.42 Å². The molecule has 104 valence electrons. The smallest absolute Gasteiger partial charge is 0.137 e. The quantitative estimate of drug-likeness (QED) is 0.833. The molecular formula is C18H16N2O. The molecule has 0 bridgehead atoms. The van der Waals surface area contributed by atoms with Crippen molar-refractivity contribution in [2.75, 3.05) is 4.90 Å². The van der Waals surface area contributed by atoms with Crippen molar-refractivity contribution in [2.24, 2.45) is 0 Å². The summed E-state index contributed by atoms with van der Waals surface area (Å²) in [7, 11) is 0. The summed E-state index contributed by atoms with van der Waals surface area (Å²) >= 11 is 0. The van der Waals surface area contributed by atoms with Crippen LogP contribution in [0.25, 0.3) is 5.57 Å². The molecule has 2 aromatic rings. The summed E-state index contributed by atoms with van der Waals surface area (Å²) in [4.78, 5) is 1.97.